The van der Waals surface area contributed by atoms with Crippen molar-refractivity contribution in [3.8, 4) is 0 Å². The molecule has 0 saturated carbocycles. The van der Waals surface area contributed by atoms with E-state index < -0.39 is 0 Å². The van der Waals surface area contributed by atoms with Crippen LogP contribution in [-0.2, 0) is 4.74 Å². The summed E-state index contributed by atoms with van der Waals surface area (Å²) in [5.41, 5.74) is 1.05. The smallest absolute Gasteiger partial charge is 0.0965 e. The van der Waals surface area contributed by atoms with Crippen molar-refractivity contribution in [1.82, 2.24) is 5.32 Å². The first-order valence-corrected chi connectivity index (χ1v) is 6.40. The highest BCUT2D eigenvalue weighted by atomic mass is 35.5. The van der Waals surface area contributed by atoms with Crippen molar-refractivity contribution >= 4 is 22.9 Å². The number of hydrogen-bond acceptors (Lipinski definition) is 3. The molecule has 0 aromatic carbocycles. The molecule has 1 N–H and O–H groups in total. The lowest BCUT2D eigenvalue weighted by Crippen LogP contribution is -2.53. The van der Waals surface area contributed by atoms with E-state index in [0.29, 0.717) is 6.04 Å². The van der Waals surface area contributed by atoms with Crippen LogP contribution in [0.4, 0.5) is 0 Å². The maximum atomic E-state index is 6.07. The number of nitrogens with one attached hydrogen (secondary N) is 1. The summed E-state index contributed by atoms with van der Waals surface area (Å²) in [4.78, 5) is 0. The van der Waals surface area contributed by atoms with Crippen LogP contribution < -0.4 is 5.32 Å². The van der Waals surface area contributed by atoms with Crippen LogP contribution in [0.2, 0.25) is 4.34 Å². The largest absolute Gasteiger partial charge is 0.365 e. The van der Waals surface area contributed by atoms with Gasteiger partial charge in [0.2, 0.25) is 0 Å². The highest BCUT2D eigenvalue weighted by molar-refractivity contribution is 7.14. The number of halogens is 1. The fourth-order valence-corrected chi connectivity index (χ4v) is 2.65. The van der Waals surface area contributed by atoms with Crippen LogP contribution in [0.1, 0.15) is 32.4 Å². The minimum absolute atomic E-state index is 0.125. The minimum Gasteiger partial charge on any atom is -0.365 e. The molecule has 1 fully saturated rings. The van der Waals surface area contributed by atoms with Gasteiger partial charge in [0.15, 0.2) is 0 Å². The molecule has 0 amide bonds. The Kier molecular flexibility index (Phi) is 3.08. The van der Waals surface area contributed by atoms with Gasteiger partial charge in [-0.05, 0) is 37.8 Å². The van der Waals surface area contributed by atoms with Gasteiger partial charge in [0, 0.05) is 12.6 Å². The molecule has 1 aliphatic heterocycles. The standard InChI is InChI=1S/C11H16ClNOS/c1-7-11(2,3)14-9(5-13-7)8-4-10(12)15-6-8/h4,6-7,9,13H,5H2,1-3H3. The van der Waals surface area contributed by atoms with Crippen molar-refractivity contribution in [2.45, 2.75) is 38.5 Å². The van der Waals surface area contributed by atoms with Crippen molar-refractivity contribution < 1.29 is 4.74 Å². The van der Waals surface area contributed by atoms with E-state index in [1.807, 2.05) is 6.07 Å². The van der Waals surface area contributed by atoms with Crippen molar-refractivity contribution in [2.24, 2.45) is 0 Å². The van der Waals surface area contributed by atoms with Gasteiger partial charge in [-0.15, -0.1) is 11.3 Å². The quantitative estimate of drug-likeness (QED) is 0.820. The molecule has 84 valence electrons. The Morgan fingerprint density at radius 3 is 2.87 bits per heavy atom. The molecule has 2 rings (SSSR count). The molecular formula is C11H16ClNOS. The zero-order valence-electron chi connectivity index (χ0n) is 9.21. The van der Waals surface area contributed by atoms with E-state index in [2.05, 4.69) is 31.5 Å². The van der Waals surface area contributed by atoms with E-state index in [9.17, 15) is 0 Å². The summed E-state index contributed by atoms with van der Waals surface area (Å²) in [6.45, 7) is 7.24. The molecule has 0 aliphatic carbocycles. The first-order chi connectivity index (χ1) is 6.99. The number of ether oxygens (including phenoxy) is 1. The summed E-state index contributed by atoms with van der Waals surface area (Å²) in [6.07, 6.45) is 0.125. The minimum atomic E-state index is -0.128. The third-order valence-corrected chi connectivity index (χ3v) is 4.17. The van der Waals surface area contributed by atoms with Gasteiger partial charge >= 0.3 is 0 Å². The Bertz CT molecular complexity index is 350. The first kappa shape index (κ1) is 11.4. The summed E-state index contributed by atoms with van der Waals surface area (Å²) in [6, 6.07) is 2.37. The normalized spacial score (nSPS) is 30.4. The van der Waals surface area contributed by atoms with Crippen molar-refractivity contribution in [3.63, 3.8) is 0 Å². The number of rotatable bonds is 1. The molecule has 4 heteroatoms. The van der Waals surface area contributed by atoms with Gasteiger partial charge in [0.05, 0.1) is 16.0 Å². The molecule has 1 aromatic rings. The predicted molar refractivity (Wildman–Crippen MR) is 64.7 cm³/mol. The van der Waals surface area contributed by atoms with Gasteiger partial charge in [-0.1, -0.05) is 11.6 Å². The summed E-state index contributed by atoms with van der Waals surface area (Å²) >= 11 is 7.48. The molecule has 1 aromatic heterocycles. The monoisotopic (exact) mass is 245 g/mol. The van der Waals surface area contributed by atoms with Crippen LogP contribution in [-0.4, -0.2) is 18.2 Å². The predicted octanol–water partition coefficient (Wildman–Crippen LogP) is 3.23. The highest BCUT2D eigenvalue weighted by Gasteiger charge is 2.35. The fourth-order valence-electron chi connectivity index (χ4n) is 1.72. The third kappa shape index (κ3) is 2.36. The molecule has 2 nitrogen and oxygen atoms in total. The topological polar surface area (TPSA) is 21.3 Å². The van der Waals surface area contributed by atoms with Gasteiger partial charge in [0.1, 0.15) is 0 Å². The molecule has 0 bridgehead atoms. The van der Waals surface area contributed by atoms with Crippen LogP contribution in [0, 0.1) is 0 Å². The summed E-state index contributed by atoms with van der Waals surface area (Å²) < 4.78 is 6.90. The average Bonchev–Trinajstić information content (AvgIpc) is 2.57. The molecule has 2 unspecified atom stereocenters. The van der Waals surface area contributed by atoms with E-state index in [1.165, 1.54) is 5.56 Å². The van der Waals surface area contributed by atoms with Crippen LogP contribution in [0.15, 0.2) is 11.4 Å². The Morgan fingerprint density at radius 1 is 1.60 bits per heavy atom. The SMILES string of the molecule is CC1NCC(c2csc(Cl)c2)OC1(C)C. The molecule has 0 radical (unpaired) electrons. The van der Waals surface area contributed by atoms with Gasteiger partial charge in [0.25, 0.3) is 0 Å². The van der Waals surface area contributed by atoms with E-state index in [0.717, 1.165) is 10.9 Å². The van der Waals surface area contributed by atoms with Gasteiger partial charge in [-0.25, -0.2) is 0 Å². The zero-order chi connectivity index (χ0) is 11.1. The maximum Gasteiger partial charge on any atom is 0.0965 e. The molecule has 1 saturated heterocycles. The van der Waals surface area contributed by atoms with Crippen LogP contribution in [0.25, 0.3) is 0 Å². The Morgan fingerprint density at radius 2 is 2.33 bits per heavy atom. The van der Waals surface area contributed by atoms with E-state index >= 15 is 0 Å². The maximum absolute atomic E-state index is 6.07. The van der Waals surface area contributed by atoms with Crippen molar-refractivity contribution in [1.29, 1.82) is 0 Å². The van der Waals surface area contributed by atoms with Crippen LogP contribution in [0.3, 0.4) is 0 Å². The first-order valence-electron chi connectivity index (χ1n) is 5.14. The fraction of sp³-hybridized carbons (Fsp3) is 0.636. The summed E-state index contributed by atoms with van der Waals surface area (Å²) in [5.74, 6) is 0. The molecule has 2 heterocycles. The Hall–Kier alpha value is -0.0900. The van der Waals surface area contributed by atoms with Gasteiger partial charge < -0.3 is 10.1 Å². The molecular weight excluding hydrogens is 230 g/mol. The number of hydrogen-bond donors (Lipinski definition) is 1. The second-order valence-electron chi connectivity index (χ2n) is 4.52. The van der Waals surface area contributed by atoms with Crippen LogP contribution in [0.5, 0.6) is 0 Å². The lowest BCUT2D eigenvalue weighted by Gasteiger charge is -2.41. The summed E-state index contributed by atoms with van der Waals surface area (Å²) in [5, 5.41) is 5.54. The lowest BCUT2D eigenvalue weighted by molar-refractivity contribution is -0.119. The Labute approximate surface area is 99.6 Å². The zero-order valence-corrected chi connectivity index (χ0v) is 10.8. The van der Waals surface area contributed by atoms with Gasteiger partial charge in [-0.2, -0.15) is 0 Å². The van der Waals surface area contributed by atoms with E-state index in [1.54, 1.807) is 11.3 Å². The second kappa shape index (κ2) is 4.06. The van der Waals surface area contributed by atoms with Crippen molar-refractivity contribution in [2.75, 3.05) is 6.54 Å². The molecule has 0 spiro atoms. The highest BCUT2D eigenvalue weighted by Crippen LogP contribution is 2.33. The van der Waals surface area contributed by atoms with Gasteiger partial charge in [-0.3, -0.25) is 0 Å². The van der Waals surface area contributed by atoms with Crippen molar-refractivity contribution in [3.05, 3.63) is 21.3 Å². The third-order valence-electron chi connectivity index (χ3n) is 3.06. The van der Waals surface area contributed by atoms with E-state index in [4.69, 9.17) is 16.3 Å². The molecule has 1 aliphatic rings. The van der Waals surface area contributed by atoms with E-state index in [-0.39, 0.29) is 11.7 Å². The summed E-state index contributed by atoms with van der Waals surface area (Å²) in [7, 11) is 0. The second-order valence-corrected chi connectivity index (χ2v) is 6.07. The number of thiophene rings is 1. The molecule has 2 atom stereocenters. The lowest BCUT2D eigenvalue weighted by atomic mass is 9.96. The van der Waals surface area contributed by atoms with Crippen LogP contribution >= 0.6 is 22.9 Å². The average molecular weight is 246 g/mol. The Balaban J connectivity index is 2.13. The number of morpholine rings is 1. The molecule has 15 heavy (non-hydrogen) atoms.